The van der Waals surface area contributed by atoms with Crippen LogP contribution in [0.2, 0.25) is 0 Å². The molecule has 6 heteroatoms. The molecule has 2 N–H and O–H groups in total. The highest BCUT2D eigenvalue weighted by atomic mass is 35.5. The third-order valence-electron chi connectivity index (χ3n) is 4.02. The molecule has 2 aliphatic rings. The summed E-state index contributed by atoms with van der Waals surface area (Å²) in [5.41, 5.74) is 3.55. The smallest absolute Gasteiger partial charge is 0.137 e. The number of nitrogens with one attached hydrogen (secondary N) is 2. The Hall–Kier alpha value is -1.23. The zero-order chi connectivity index (χ0) is 13.4. The van der Waals surface area contributed by atoms with Gasteiger partial charge in [0.1, 0.15) is 11.6 Å². The second-order valence-electron chi connectivity index (χ2n) is 5.72. The van der Waals surface area contributed by atoms with Crippen LogP contribution < -0.4 is 10.1 Å². The van der Waals surface area contributed by atoms with E-state index in [9.17, 15) is 0 Å². The summed E-state index contributed by atoms with van der Waals surface area (Å²) in [6, 6.07) is 8.24. The topological polar surface area (TPSA) is 49.9 Å². The second-order valence-corrected chi connectivity index (χ2v) is 5.72. The molecule has 1 aromatic carbocycles. The molecule has 1 aliphatic carbocycles. The Balaban J connectivity index is 0.000000882. The molecule has 0 atom stereocenters. The number of hydrogen-bond acceptors (Lipinski definition) is 3. The molecule has 1 saturated carbocycles. The molecule has 0 amide bonds. The number of nitrogens with zero attached hydrogens (tertiary/aromatic N) is 1. The molecule has 1 aliphatic heterocycles. The van der Waals surface area contributed by atoms with Crippen molar-refractivity contribution in [3.05, 3.63) is 35.7 Å². The summed E-state index contributed by atoms with van der Waals surface area (Å²) in [5.74, 6) is 2.71. The molecular weight excluding hydrogens is 321 g/mol. The number of rotatable bonds is 4. The van der Waals surface area contributed by atoms with Crippen LogP contribution in [0.25, 0.3) is 11.4 Å². The molecule has 1 aromatic heterocycles. The molecule has 0 saturated heterocycles. The minimum absolute atomic E-state index is 0. The van der Waals surface area contributed by atoms with Crippen LogP contribution in [0.3, 0.4) is 0 Å². The van der Waals surface area contributed by atoms with Gasteiger partial charge in [-0.3, -0.25) is 0 Å². The lowest BCUT2D eigenvalue weighted by Gasteiger charge is -2.09. The molecule has 1 fully saturated rings. The van der Waals surface area contributed by atoms with Gasteiger partial charge < -0.3 is 15.0 Å². The Labute approximate surface area is 142 Å². The summed E-state index contributed by atoms with van der Waals surface area (Å²) in [5, 5.41) is 3.36. The number of benzene rings is 1. The summed E-state index contributed by atoms with van der Waals surface area (Å²) in [7, 11) is 0. The van der Waals surface area contributed by atoms with Gasteiger partial charge in [0.05, 0.1) is 18.0 Å². The largest absolute Gasteiger partial charge is 0.493 e. The van der Waals surface area contributed by atoms with E-state index in [4.69, 9.17) is 9.72 Å². The van der Waals surface area contributed by atoms with Crippen LogP contribution in [-0.4, -0.2) is 23.1 Å². The maximum absolute atomic E-state index is 5.76. The molecule has 0 bridgehead atoms. The van der Waals surface area contributed by atoms with Crippen LogP contribution in [-0.2, 0) is 13.0 Å². The van der Waals surface area contributed by atoms with Gasteiger partial charge in [0.2, 0.25) is 0 Å². The first kappa shape index (κ1) is 17.1. The summed E-state index contributed by atoms with van der Waals surface area (Å²) in [6.07, 6.45) is 3.66. The number of imidazole rings is 1. The van der Waals surface area contributed by atoms with Crippen molar-refractivity contribution in [1.82, 2.24) is 15.3 Å². The van der Waals surface area contributed by atoms with Gasteiger partial charge in [0.15, 0.2) is 0 Å². The van der Waals surface area contributed by atoms with Gasteiger partial charge >= 0.3 is 0 Å². The molecule has 4 rings (SSSR count). The highest BCUT2D eigenvalue weighted by molar-refractivity contribution is 5.85. The second kappa shape index (κ2) is 7.36. The quantitative estimate of drug-likeness (QED) is 0.896. The van der Waals surface area contributed by atoms with Crippen molar-refractivity contribution in [1.29, 1.82) is 0 Å². The fourth-order valence-corrected chi connectivity index (χ4v) is 2.56. The molecule has 0 radical (unpaired) electrons. The number of fused-ring (bicyclic) bond motifs is 1. The van der Waals surface area contributed by atoms with Gasteiger partial charge in [-0.05, 0) is 43.0 Å². The van der Waals surface area contributed by atoms with Crippen LogP contribution in [0, 0.1) is 5.92 Å². The van der Waals surface area contributed by atoms with E-state index in [1.807, 2.05) is 12.1 Å². The maximum atomic E-state index is 5.76. The Kier molecular flexibility index (Phi) is 5.73. The Bertz CT molecular complexity index is 585. The zero-order valence-electron chi connectivity index (χ0n) is 12.3. The zero-order valence-corrected chi connectivity index (χ0v) is 13.9. The van der Waals surface area contributed by atoms with E-state index in [2.05, 4.69) is 22.4 Å². The third kappa shape index (κ3) is 3.75. The van der Waals surface area contributed by atoms with Crippen molar-refractivity contribution in [3.8, 4) is 17.1 Å². The van der Waals surface area contributed by atoms with E-state index < -0.39 is 0 Å². The Morgan fingerprint density at radius 3 is 2.59 bits per heavy atom. The monoisotopic (exact) mass is 341 g/mol. The molecule has 4 nitrogen and oxygen atoms in total. The molecule has 2 heterocycles. The highest BCUT2D eigenvalue weighted by Crippen LogP contribution is 2.30. The number of ether oxygens (including phenoxy) is 1. The first-order valence-corrected chi connectivity index (χ1v) is 7.40. The summed E-state index contributed by atoms with van der Waals surface area (Å²) < 4.78 is 5.76. The van der Waals surface area contributed by atoms with Crippen molar-refractivity contribution in [2.75, 3.05) is 13.2 Å². The van der Waals surface area contributed by atoms with Crippen molar-refractivity contribution in [2.45, 2.75) is 25.8 Å². The lowest BCUT2D eigenvalue weighted by Crippen LogP contribution is -2.23. The van der Waals surface area contributed by atoms with E-state index in [0.29, 0.717) is 0 Å². The van der Waals surface area contributed by atoms with Gasteiger partial charge in [-0.1, -0.05) is 0 Å². The average molecular weight is 342 g/mol. The summed E-state index contributed by atoms with van der Waals surface area (Å²) in [4.78, 5) is 8.11. The predicted octanol–water partition coefficient (Wildman–Crippen LogP) is 3.35. The first-order chi connectivity index (χ1) is 9.88. The van der Waals surface area contributed by atoms with Gasteiger partial charge in [0.25, 0.3) is 0 Å². The minimum atomic E-state index is 0. The van der Waals surface area contributed by atoms with E-state index >= 15 is 0 Å². The Morgan fingerprint density at radius 1 is 1.14 bits per heavy atom. The molecule has 120 valence electrons. The fourth-order valence-electron chi connectivity index (χ4n) is 2.56. The van der Waals surface area contributed by atoms with Crippen molar-refractivity contribution in [3.63, 3.8) is 0 Å². The minimum Gasteiger partial charge on any atom is -0.493 e. The number of aromatic amines is 1. The lowest BCUT2D eigenvalue weighted by atomic mass is 10.2. The number of halogens is 2. The Morgan fingerprint density at radius 2 is 1.91 bits per heavy atom. The van der Waals surface area contributed by atoms with E-state index in [1.165, 1.54) is 24.2 Å². The highest BCUT2D eigenvalue weighted by Gasteiger charge is 2.21. The van der Waals surface area contributed by atoms with Gasteiger partial charge in [-0.25, -0.2) is 4.98 Å². The van der Waals surface area contributed by atoms with E-state index in [-0.39, 0.29) is 24.8 Å². The van der Waals surface area contributed by atoms with Crippen molar-refractivity contribution < 1.29 is 4.74 Å². The van der Waals surface area contributed by atoms with Crippen LogP contribution >= 0.6 is 24.8 Å². The maximum Gasteiger partial charge on any atom is 0.137 e. The summed E-state index contributed by atoms with van der Waals surface area (Å²) in [6.45, 7) is 2.77. The van der Waals surface area contributed by atoms with Crippen LogP contribution in [0.4, 0.5) is 0 Å². The van der Waals surface area contributed by atoms with Crippen molar-refractivity contribution in [2.24, 2.45) is 5.92 Å². The molecular formula is C16H21Cl2N3O. The third-order valence-corrected chi connectivity index (χ3v) is 4.02. The van der Waals surface area contributed by atoms with Gasteiger partial charge in [-0.15, -0.1) is 24.8 Å². The van der Waals surface area contributed by atoms with Crippen molar-refractivity contribution >= 4 is 24.8 Å². The van der Waals surface area contributed by atoms with Crippen LogP contribution in [0.15, 0.2) is 24.3 Å². The van der Waals surface area contributed by atoms with Crippen LogP contribution in [0.1, 0.15) is 24.2 Å². The lowest BCUT2D eigenvalue weighted by molar-refractivity contribution is 0.300. The van der Waals surface area contributed by atoms with Crippen LogP contribution in [0.5, 0.6) is 5.75 Å². The van der Waals surface area contributed by atoms with Gasteiger partial charge in [-0.2, -0.15) is 0 Å². The SMILES string of the molecule is Cl.Cl.c1cc(-c2nc3c([nH]2)CNCC3)ccc1OCC1CC1. The molecule has 0 unspecified atom stereocenters. The van der Waals surface area contributed by atoms with E-state index in [0.717, 1.165) is 49.2 Å². The number of aromatic nitrogens is 2. The molecule has 0 spiro atoms. The standard InChI is InChI=1S/C16H19N3O.2ClH/c1-2-11(1)10-20-13-5-3-12(4-6-13)16-18-14-7-8-17-9-15(14)19-16;;/h3-6,11,17H,1-2,7-10H2,(H,18,19);2*1H. The van der Waals surface area contributed by atoms with Gasteiger partial charge in [0, 0.05) is 25.1 Å². The number of H-pyrrole nitrogens is 1. The predicted molar refractivity (Wildman–Crippen MR) is 92.1 cm³/mol. The molecule has 2 aromatic rings. The average Bonchev–Trinajstić information content (AvgIpc) is 3.22. The molecule has 22 heavy (non-hydrogen) atoms. The number of hydrogen-bond donors (Lipinski definition) is 2. The fraction of sp³-hybridized carbons (Fsp3) is 0.438. The normalized spacial score (nSPS) is 16.2. The first-order valence-electron chi connectivity index (χ1n) is 7.40. The summed E-state index contributed by atoms with van der Waals surface area (Å²) >= 11 is 0. The van der Waals surface area contributed by atoms with E-state index in [1.54, 1.807) is 0 Å².